The quantitative estimate of drug-likeness (QED) is 0.282. The molecule has 0 saturated heterocycles. The maximum atomic E-state index is 5.32. The van der Waals surface area contributed by atoms with Crippen molar-refractivity contribution in [1.29, 1.82) is 0 Å². The van der Waals surface area contributed by atoms with E-state index in [1.54, 1.807) is 14.2 Å². The first-order valence-electron chi connectivity index (χ1n) is 8.62. The van der Waals surface area contributed by atoms with Gasteiger partial charge in [0.05, 0.1) is 12.8 Å². The molecule has 0 unspecified atom stereocenters. The fourth-order valence-corrected chi connectivity index (χ4v) is 2.79. The number of benzene rings is 1. The molecule has 2 N–H and O–H groups in total. The zero-order valence-electron chi connectivity index (χ0n) is 16.3. The molecule has 0 spiro atoms. The lowest BCUT2D eigenvalue weighted by Crippen LogP contribution is -2.37. The van der Waals surface area contributed by atoms with Crippen LogP contribution in [0.15, 0.2) is 29.3 Å². The molecule has 1 aromatic carbocycles. The van der Waals surface area contributed by atoms with Crippen molar-refractivity contribution in [2.24, 2.45) is 4.99 Å². The van der Waals surface area contributed by atoms with Crippen molar-refractivity contribution in [3.8, 4) is 5.75 Å². The lowest BCUT2D eigenvalue weighted by Gasteiger charge is -2.13. The normalized spacial score (nSPS) is 11.0. The predicted octanol–water partition coefficient (Wildman–Crippen LogP) is 3.19. The van der Waals surface area contributed by atoms with Gasteiger partial charge in [-0.3, -0.25) is 9.67 Å². The number of hydrogen-bond acceptors (Lipinski definition) is 3. The molecule has 0 aliphatic carbocycles. The van der Waals surface area contributed by atoms with Gasteiger partial charge < -0.3 is 15.4 Å². The smallest absolute Gasteiger partial charge is 0.191 e. The fraction of sp³-hybridized carbons (Fsp3) is 0.474. The average molecular weight is 471 g/mol. The second kappa shape index (κ2) is 11.1. The highest BCUT2D eigenvalue weighted by Crippen LogP contribution is 2.16. The number of aromatic nitrogens is 2. The van der Waals surface area contributed by atoms with Crippen LogP contribution in [0.5, 0.6) is 5.75 Å². The molecule has 7 heteroatoms. The van der Waals surface area contributed by atoms with Gasteiger partial charge in [-0.2, -0.15) is 5.10 Å². The van der Waals surface area contributed by atoms with Crippen LogP contribution in [0, 0.1) is 20.8 Å². The first-order chi connectivity index (χ1) is 12.0. The topological polar surface area (TPSA) is 63.5 Å². The van der Waals surface area contributed by atoms with Crippen LogP contribution in [-0.2, 0) is 13.1 Å². The summed E-state index contributed by atoms with van der Waals surface area (Å²) in [6.07, 6.45) is 0.987. The monoisotopic (exact) mass is 471 g/mol. The van der Waals surface area contributed by atoms with Gasteiger partial charge >= 0.3 is 0 Å². The minimum Gasteiger partial charge on any atom is -0.497 e. The van der Waals surface area contributed by atoms with Gasteiger partial charge in [-0.05, 0) is 56.5 Å². The number of nitrogens with one attached hydrogen (secondary N) is 2. The van der Waals surface area contributed by atoms with E-state index < -0.39 is 0 Å². The molecular weight excluding hydrogens is 441 g/mol. The van der Waals surface area contributed by atoms with Gasteiger partial charge in [0.25, 0.3) is 0 Å². The van der Waals surface area contributed by atoms with E-state index in [1.807, 2.05) is 23.7 Å². The summed E-state index contributed by atoms with van der Waals surface area (Å²) in [5.74, 6) is 1.68. The fourth-order valence-electron chi connectivity index (χ4n) is 2.79. The van der Waals surface area contributed by atoms with Gasteiger partial charge in [-0.1, -0.05) is 6.07 Å². The lowest BCUT2D eigenvalue weighted by atomic mass is 10.1. The van der Waals surface area contributed by atoms with Gasteiger partial charge in [0.15, 0.2) is 5.96 Å². The molecule has 2 aromatic rings. The Labute approximate surface area is 173 Å². The van der Waals surface area contributed by atoms with E-state index in [0.717, 1.165) is 36.9 Å². The van der Waals surface area contributed by atoms with E-state index in [4.69, 9.17) is 4.74 Å². The van der Waals surface area contributed by atoms with Crippen molar-refractivity contribution in [3.63, 3.8) is 0 Å². The van der Waals surface area contributed by atoms with E-state index in [2.05, 4.69) is 46.7 Å². The molecule has 26 heavy (non-hydrogen) atoms. The Balaban J connectivity index is 0.00000338. The predicted molar refractivity (Wildman–Crippen MR) is 118 cm³/mol. The second-order valence-corrected chi connectivity index (χ2v) is 6.21. The van der Waals surface area contributed by atoms with Crippen LogP contribution < -0.4 is 15.4 Å². The van der Waals surface area contributed by atoms with Crippen LogP contribution in [0.4, 0.5) is 0 Å². The molecule has 1 heterocycles. The summed E-state index contributed by atoms with van der Waals surface area (Å²) in [7, 11) is 3.47. The number of aliphatic imine (C=N–C) groups is 1. The van der Waals surface area contributed by atoms with E-state index in [-0.39, 0.29) is 24.0 Å². The van der Waals surface area contributed by atoms with Crippen LogP contribution >= 0.6 is 24.0 Å². The number of guanidine groups is 1. The highest BCUT2D eigenvalue weighted by atomic mass is 127. The summed E-state index contributed by atoms with van der Waals surface area (Å²) in [5.41, 5.74) is 4.62. The molecule has 0 bridgehead atoms. The van der Waals surface area contributed by atoms with E-state index in [1.165, 1.54) is 16.8 Å². The summed E-state index contributed by atoms with van der Waals surface area (Å²) in [5, 5.41) is 11.2. The molecule has 0 saturated carbocycles. The Kier molecular flexibility index (Phi) is 9.47. The van der Waals surface area contributed by atoms with Gasteiger partial charge in [-0.25, -0.2) is 0 Å². The Morgan fingerprint density at radius 1 is 1.15 bits per heavy atom. The summed E-state index contributed by atoms with van der Waals surface area (Å²) < 4.78 is 7.37. The minimum atomic E-state index is 0. The molecule has 2 rings (SSSR count). The molecule has 0 radical (unpaired) electrons. The highest BCUT2D eigenvalue weighted by Gasteiger charge is 2.03. The molecule has 0 amide bonds. The lowest BCUT2D eigenvalue weighted by molar-refractivity contribution is 0.414. The van der Waals surface area contributed by atoms with E-state index >= 15 is 0 Å². The number of halogens is 1. The largest absolute Gasteiger partial charge is 0.497 e. The molecule has 6 nitrogen and oxygen atoms in total. The molecule has 144 valence electrons. The maximum Gasteiger partial charge on any atom is 0.191 e. The highest BCUT2D eigenvalue weighted by molar-refractivity contribution is 14.0. The first kappa shape index (κ1) is 22.3. The van der Waals surface area contributed by atoms with Crippen molar-refractivity contribution in [1.82, 2.24) is 20.4 Å². The molecule has 0 aliphatic rings. The van der Waals surface area contributed by atoms with Crippen LogP contribution in [0.25, 0.3) is 0 Å². The second-order valence-electron chi connectivity index (χ2n) is 6.21. The minimum absolute atomic E-state index is 0. The van der Waals surface area contributed by atoms with Gasteiger partial charge in [0.1, 0.15) is 5.75 Å². The number of nitrogens with zero attached hydrogens (tertiary/aromatic N) is 3. The van der Waals surface area contributed by atoms with Crippen LogP contribution in [0.3, 0.4) is 0 Å². The van der Waals surface area contributed by atoms with Crippen molar-refractivity contribution in [2.75, 3.05) is 20.7 Å². The van der Waals surface area contributed by atoms with Gasteiger partial charge in [0.2, 0.25) is 0 Å². The van der Waals surface area contributed by atoms with Crippen molar-refractivity contribution >= 4 is 29.9 Å². The number of hydrogen-bond donors (Lipinski definition) is 2. The third-order valence-electron chi connectivity index (χ3n) is 3.97. The van der Waals surface area contributed by atoms with Crippen molar-refractivity contribution < 1.29 is 4.74 Å². The molecule has 0 atom stereocenters. The van der Waals surface area contributed by atoms with Crippen molar-refractivity contribution in [2.45, 2.75) is 40.3 Å². The number of rotatable bonds is 7. The summed E-state index contributed by atoms with van der Waals surface area (Å²) in [6, 6.07) is 8.31. The molecule has 0 aliphatic heterocycles. The third-order valence-corrected chi connectivity index (χ3v) is 3.97. The summed E-state index contributed by atoms with van der Waals surface area (Å²) in [6.45, 7) is 8.62. The first-order valence-corrected chi connectivity index (χ1v) is 8.62. The van der Waals surface area contributed by atoms with Gasteiger partial charge in [0, 0.05) is 32.4 Å². The molecule has 0 fully saturated rings. The summed E-state index contributed by atoms with van der Waals surface area (Å²) >= 11 is 0. The number of aryl methyl sites for hydroxylation is 4. The zero-order valence-corrected chi connectivity index (χ0v) is 18.6. The summed E-state index contributed by atoms with van der Waals surface area (Å²) in [4.78, 5) is 4.28. The van der Waals surface area contributed by atoms with Crippen molar-refractivity contribution in [3.05, 3.63) is 46.8 Å². The van der Waals surface area contributed by atoms with Gasteiger partial charge in [-0.15, -0.1) is 24.0 Å². The Morgan fingerprint density at radius 3 is 2.54 bits per heavy atom. The zero-order chi connectivity index (χ0) is 18.2. The average Bonchev–Trinajstić information content (AvgIpc) is 2.91. The number of methoxy groups -OCH3 is 1. The Bertz CT molecular complexity index is 727. The SMILES string of the molecule is CN=C(NCCCn1nc(C)cc1C)NCc1cc(C)cc(OC)c1.I. The number of ether oxygens (including phenoxy) is 1. The third kappa shape index (κ3) is 6.86. The molecule has 1 aromatic heterocycles. The maximum absolute atomic E-state index is 5.32. The van der Waals surface area contributed by atoms with E-state index in [0.29, 0.717) is 6.54 Å². The van der Waals surface area contributed by atoms with Crippen LogP contribution in [-0.4, -0.2) is 36.4 Å². The van der Waals surface area contributed by atoms with E-state index in [9.17, 15) is 0 Å². The van der Waals surface area contributed by atoms with Crippen LogP contribution in [0.2, 0.25) is 0 Å². The Morgan fingerprint density at radius 2 is 1.92 bits per heavy atom. The molecular formula is C19H30IN5O. The Hall–Kier alpha value is -1.77. The standard InChI is InChI=1S/C19H29N5O.HI/c1-14-9-17(12-18(10-14)25-5)13-22-19(20-4)21-7-6-8-24-16(3)11-15(2)23-24;/h9-12H,6-8,13H2,1-5H3,(H2,20,21,22);1H. The van der Waals surface area contributed by atoms with Crippen LogP contribution in [0.1, 0.15) is 28.9 Å².